The molecule has 0 radical (unpaired) electrons. The molecular weight excluding hydrogens is 302 g/mol. The maximum Gasteiger partial charge on any atom is 0.134 e. The Labute approximate surface area is 115 Å². The molecule has 0 unspecified atom stereocenters. The van der Waals surface area contributed by atoms with Gasteiger partial charge in [0, 0.05) is 17.6 Å². The maximum absolute atomic E-state index is 5.86. The average molecular weight is 317 g/mol. The normalized spacial score (nSPS) is 14.7. The van der Waals surface area contributed by atoms with Crippen molar-refractivity contribution in [1.82, 2.24) is 5.32 Å². The lowest BCUT2D eigenvalue weighted by atomic mass is 10.3. The fraction of sp³-hybridized carbons (Fsp3) is 0.385. The monoisotopic (exact) mass is 315 g/mol. The SMILES string of the molecule is C=C(CNC1CC1)COc1ccc(Cl)cc1Br. The van der Waals surface area contributed by atoms with E-state index in [2.05, 4.69) is 27.8 Å². The molecule has 1 N–H and O–H groups in total. The van der Waals surface area contributed by atoms with Crippen molar-refractivity contribution in [2.24, 2.45) is 0 Å². The van der Waals surface area contributed by atoms with Gasteiger partial charge in [0.05, 0.1) is 4.47 Å². The average Bonchev–Trinajstić information content (AvgIpc) is 3.09. The van der Waals surface area contributed by atoms with Crippen LogP contribution in [-0.4, -0.2) is 19.2 Å². The third-order valence-corrected chi connectivity index (χ3v) is 3.40. The van der Waals surface area contributed by atoms with Crippen molar-refractivity contribution in [2.45, 2.75) is 18.9 Å². The number of nitrogens with one attached hydrogen (secondary N) is 1. The second-order valence-electron chi connectivity index (χ2n) is 4.27. The Morgan fingerprint density at radius 1 is 1.53 bits per heavy atom. The highest BCUT2D eigenvalue weighted by Gasteiger charge is 2.20. The van der Waals surface area contributed by atoms with Gasteiger partial charge in [0.15, 0.2) is 0 Å². The molecule has 17 heavy (non-hydrogen) atoms. The third kappa shape index (κ3) is 4.34. The topological polar surface area (TPSA) is 21.3 Å². The lowest BCUT2D eigenvalue weighted by Gasteiger charge is -2.11. The Kier molecular flexibility index (Phi) is 4.48. The summed E-state index contributed by atoms with van der Waals surface area (Å²) in [6.45, 7) is 5.34. The van der Waals surface area contributed by atoms with Crippen molar-refractivity contribution >= 4 is 27.5 Å². The minimum atomic E-state index is 0.528. The van der Waals surface area contributed by atoms with E-state index in [0.29, 0.717) is 17.7 Å². The second kappa shape index (κ2) is 5.89. The number of benzene rings is 1. The summed E-state index contributed by atoms with van der Waals surface area (Å²) in [5.74, 6) is 0.793. The Morgan fingerprint density at radius 3 is 2.94 bits per heavy atom. The van der Waals surface area contributed by atoms with E-state index in [1.165, 1.54) is 12.8 Å². The van der Waals surface area contributed by atoms with Crippen LogP contribution >= 0.6 is 27.5 Å². The number of rotatable bonds is 6. The molecule has 0 amide bonds. The van der Waals surface area contributed by atoms with E-state index in [1.54, 1.807) is 0 Å². The molecule has 4 heteroatoms. The van der Waals surface area contributed by atoms with Gasteiger partial charge in [-0.3, -0.25) is 0 Å². The van der Waals surface area contributed by atoms with E-state index in [0.717, 1.165) is 22.3 Å². The summed E-state index contributed by atoms with van der Waals surface area (Å²) in [6, 6.07) is 6.19. The number of hydrogen-bond acceptors (Lipinski definition) is 2. The van der Waals surface area contributed by atoms with Crippen molar-refractivity contribution in [3.05, 3.63) is 39.8 Å². The van der Waals surface area contributed by atoms with Gasteiger partial charge in [-0.2, -0.15) is 0 Å². The minimum Gasteiger partial charge on any atom is -0.488 e. The zero-order chi connectivity index (χ0) is 12.3. The Balaban J connectivity index is 1.77. The highest BCUT2D eigenvalue weighted by atomic mass is 79.9. The van der Waals surface area contributed by atoms with E-state index in [1.807, 2.05) is 18.2 Å². The van der Waals surface area contributed by atoms with Crippen LogP contribution in [-0.2, 0) is 0 Å². The molecule has 1 aliphatic carbocycles. The van der Waals surface area contributed by atoms with Crippen LogP contribution in [0.3, 0.4) is 0 Å². The molecule has 0 aromatic heterocycles. The van der Waals surface area contributed by atoms with Gasteiger partial charge in [-0.1, -0.05) is 18.2 Å². The third-order valence-electron chi connectivity index (χ3n) is 2.54. The highest BCUT2D eigenvalue weighted by molar-refractivity contribution is 9.10. The maximum atomic E-state index is 5.86. The molecule has 0 spiro atoms. The predicted molar refractivity (Wildman–Crippen MR) is 74.8 cm³/mol. The van der Waals surface area contributed by atoms with Gasteiger partial charge in [-0.15, -0.1) is 0 Å². The first-order valence-corrected chi connectivity index (χ1v) is 6.80. The summed E-state index contributed by atoms with van der Waals surface area (Å²) >= 11 is 9.27. The van der Waals surface area contributed by atoms with E-state index in [9.17, 15) is 0 Å². The van der Waals surface area contributed by atoms with E-state index in [-0.39, 0.29) is 0 Å². The molecule has 1 aliphatic rings. The van der Waals surface area contributed by atoms with E-state index < -0.39 is 0 Å². The first-order valence-electron chi connectivity index (χ1n) is 5.63. The van der Waals surface area contributed by atoms with Crippen LogP contribution in [0, 0.1) is 0 Å². The quantitative estimate of drug-likeness (QED) is 0.806. The fourth-order valence-electron chi connectivity index (χ4n) is 1.40. The van der Waals surface area contributed by atoms with E-state index >= 15 is 0 Å². The lowest BCUT2D eigenvalue weighted by molar-refractivity contribution is 0.346. The molecule has 2 nitrogen and oxygen atoms in total. The summed E-state index contributed by atoms with van der Waals surface area (Å²) in [4.78, 5) is 0. The summed E-state index contributed by atoms with van der Waals surface area (Å²) < 4.78 is 6.53. The summed E-state index contributed by atoms with van der Waals surface area (Å²) in [5.41, 5.74) is 1.05. The van der Waals surface area contributed by atoms with Crippen LogP contribution in [0.2, 0.25) is 5.02 Å². The number of halogens is 2. The van der Waals surface area contributed by atoms with Crippen LogP contribution in [0.4, 0.5) is 0 Å². The van der Waals surface area contributed by atoms with Crippen LogP contribution in [0.1, 0.15) is 12.8 Å². The fourth-order valence-corrected chi connectivity index (χ4v) is 2.20. The van der Waals surface area contributed by atoms with Crippen molar-refractivity contribution in [3.8, 4) is 5.75 Å². The molecule has 0 bridgehead atoms. The molecule has 2 rings (SSSR count). The molecule has 1 fully saturated rings. The van der Waals surface area contributed by atoms with Gasteiger partial charge < -0.3 is 10.1 Å². The second-order valence-corrected chi connectivity index (χ2v) is 5.56. The summed E-state index contributed by atoms with van der Waals surface area (Å²) in [5, 5.41) is 4.10. The van der Waals surface area contributed by atoms with Crippen LogP contribution in [0.25, 0.3) is 0 Å². The lowest BCUT2D eigenvalue weighted by Crippen LogP contribution is -2.21. The largest absolute Gasteiger partial charge is 0.488 e. The zero-order valence-electron chi connectivity index (χ0n) is 9.51. The van der Waals surface area contributed by atoms with Crippen molar-refractivity contribution in [2.75, 3.05) is 13.2 Å². The van der Waals surface area contributed by atoms with Gasteiger partial charge in [0.2, 0.25) is 0 Å². The van der Waals surface area contributed by atoms with Crippen LogP contribution < -0.4 is 10.1 Å². The molecule has 1 saturated carbocycles. The molecule has 0 atom stereocenters. The van der Waals surface area contributed by atoms with Crippen molar-refractivity contribution in [1.29, 1.82) is 0 Å². The van der Waals surface area contributed by atoms with Crippen LogP contribution in [0.15, 0.2) is 34.8 Å². The number of hydrogen-bond donors (Lipinski definition) is 1. The minimum absolute atomic E-state index is 0.528. The van der Waals surface area contributed by atoms with E-state index in [4.69, 9.17) is 16.3 Å². The Hall–Kier alpha value is -0.510. The Morgan fingerprint density at radius 2 is 2.29 bits per heavy atom. The zero-order valence-corrected chi connectivity index (χ0v) is 11.9. The molecule has 1 aromatic rings. The summed E-state index contributed by atoms with van der Waals surface area (Å²) in [6.07, 6.45) is 2.58. The molecule has 0 heterocycles. The molecular formula is C13H15BrClNO. The first kappa shape index (κ1) is 12.9. The van der Waals surface area contributed by atoms with Gasteiger partial charge in [-0.05, 0) is 52.5 Å². The first-order chi connectivity index (χ1) is 8.15. The molecule has 92 valence electrons. The van der Waals surface area contributed by atoms with Crippen LogP contribution in [0.5, 0.6) is 5.75 Å². The molecule has 1 aromatic carbocycles. The highest BCUT2D eigenvalue weighted by Crippen LogP contribution is 2.28. The Bertz CT molecular complexity index is 418. The van der Waals surface area contributed by atoms with Gasteiger partial charge in [-0.25, -0.2) is 0 Å². The smallest absolute Gasteiger partial charge is 0.134 e. The van der Waals surface area contributed by atoms with Crippen molar-refractivity contribution < 1.29 is 4.74 Å². The predicted octanol–water partition coefficient (Wildman–Crippen LogP) is 3.79. The van der Waals surface area contributed by atoms with Gasteiger partial charge in [0.1, 0.15) is 12.4 Å². The van der Waals surface area contributed by atoms with Gasteiger partial charge >= 0.3 is 0 Å². The number of ether oxygens (including phenoxy) is 1. The molecule has 0 aliphatic heterocycles. The molecule has 0 saturated heterocycles. The standard InChI is InChI=1S/C13H15BrClNO/c1-9(7-16-11-3-4-11)8-17-13-5-2-10(15)6-12(13)14/h2,5-6,11,16H,1,3-4,7-8H2. The van der Waals surface area contributed by atoms with Gasteiger partial charge in [0.25, 0.3) is 0 Å². The summed E-state index contributed by atoms with van der Waals surface area (Å²) in [7, 11) is 0. The van der Waals surface area contributed by atoms with Crippen molar-refractivity contribution in [3.63, 3.8) is 0 Å².